The molecule has 1 heteroatoms. The van der Waals surface area contributed by atoms with Crippen molar-refractivity contribution in [3.63, 3.8) is 0 Å². The predicted molar refractivity (Wildman–Crippen MR) is 111 cm³/mol. The number of benzene rings is 1. The third-order valence-corrected chi connectivity index (χ3v) is 4.07. The van der Waals surface area contributed by atoms with Gasteiger partial charge in [0.2, 0.25) is 0 Å². The van der Waals surface area contributed by atoms with Gasteiger partial charge in [0.1, 0.15) is 0 Å². The first kappa shape index (κ1) is 22.2. The molecule has 1 aromatic heterocycles. The van der Waals surface area contributed by atoms with E-state index < -0.39 is 0 Å². The summed E-state index contributed by atoms with van der Waals surface area (Å²) >= 11 is 0. The molecule has 0 N–H and O–H groups in total. The van der Waals surface area contributed by atoms with Crippen LogP contribution in [0.25, 0.3) is 6.08 Å². The Kier molecular flexibility index (Phi) is 11.7. The summed E-state index contributed by atoms with van der Waals surface area (Å²) in [5, 5.41) is 0. The summed E-state index contributed by atoms with van der Waals surface area (Å²) in [6.45, 7) is 19.7. The van der Waals surface area contributed by atoms with E-state index in [4.69, 9.17) is 0 Å². The number of aromatic nitrogens is 1. The maximum absolute atomic E-state index is 3.87. The first-order chi connectivity index (χ1) is 11.6. The predicted octanol–water partition coefficient (Wildman–Crippen LogP) is 7.19. The molecule has 1 heterocycles. The van der Waals surface area contributed by atoms with Crippen molar-refractivity contribution in [2.45, 2.75) is 74.3 Å². The van der Waals surface area contributed by atoms with Crippen molar-refractivity contribution in [1.82, 2.24) is 4.57 Å². The molecular weight excluding hydrogens is 290 g/mol. The highest BCUT2D eigenvalue weighted by Crippen LogP contribution is 2.18. The second kappa shape index (κ2) is 12.6. The van der Waals surface area contributed by atoms with E-state index in [9.17, 15) is 0 Å². The Morgan fingerprint density at radius 3 is 2.00 bits per heavy atom. The van der Waals surface area contributed by atoms with E-state index in [0.29, 0.717) is 0 Å². The summed E-state index contributed by atoms with van der Waals surface area (Å²) in [7, 11) is 0. The number of rotatable bonds is 5. The van der Waals surface area contributed by atoms with Gasteiger partial charge in [0, 0.05) is 17.9 Å². The van der Waals surface area contributed by atoms with E-state index in [1.54, 1.807) is 0 Å². The summed E-state index contributed by atoms with van der Waals surface area (Å²) in [5.41, 5.74) is 6.60. The topological polar surface area (TPSA) is 4.93 Å². The molecule has 0 aliphatic carbocycles. The van der Waals surface area contributed by atoms with Crippen LogP contribution in [-0.4, -0.2) is 4.57 Å². The van der Waals surface area contributed by atoms with Crippen molar-refractivity contribution in [3.8, 4) is 0 Å². The SMILES string of the molecule is C=Cc1cc(C)n(Cc2cccc(CC)c2)c1C.CC.CCCC. The van der Waals surface area contributed by atoms with Crippen LogP contribution in [0.5, 0.6) is 0 Å². The lowest BCUT2D eigenvalue weighted by atomic mass is 10.1. The molecule has 1 nitrogen and oxygen atoms in total. The maximum atomic E-state index is 3.87. The normalized spacial score (nSPS) is 9.46. The fourth-order valence-corrected chi connectivity index (χ4v) is 2.41. The van der Waals surface area contributed by atoms with Gasteiger partial charge in [0.15, 0.2) is 0 Å². The Morgan fingerprint density at radius 1 is 0.958 bits per heavy atom. The minimum Gasteiger partial charge on any atom is -0.344 e. The van der Waals surface area contributed by atoms with Crippen molar-refractivity contribution >= 4 is 6.08 Å². The first-order valence-corrected chi connectivity index (χ1v) is 9.44. The zero-order valence-corrected chi connectivity index (χ0v) is 16.9. The molecule has 0 aliphatic heterocycles. The molecule has 24 heavy (non-hydrogen) atoms. The van der Waals surface area contributed by atoms with E-state index in [0.717, 1.165) is 13.0 Å². The molecule has 1 aromatic carbocycles. The highest BCUT2D eigenvalue weighted by molar-refractivity contribution is 5.51. The van der Waals surface area contributed by atoms with Crippen molar-refractivity contribution < 1.29 is 0 Å². The van der Waals surface area contributed by atoms with Gasteiger partial charge in [-0.15, -0.1) is 0 Å². The van der Waals surface area contributed by atoms with Gasteiger partial charge in [0.25, 0.3) is 0 Å². The van der Waals surface area contributed by atoms with Crippen LogP contribution in [0.4, 0.5) is 0 Å². The molecule has 0 saturated heterocycles. The van der Waals surface area contributed by atoms with Gasteiger partial charge in [-0.3, -0.25) is 0 Å². The van der Waals surface area contributed by atoms with Gasteiger partial charge < -0.3 is 4.57 Å². The Labute approximate surface area is 150 Å². The quantitative estimate of drug-likeness (QED) is 0.547. The van der Waals surface area contributed by atoms with Crippen LogP contribution < -0.4 is 0 Å². The van der Waals surface area contributed by atoms with Gasteiger partial charge >= 0.3 is 0 Å². The van der Waals surface area contributed by atoms with Crippen LogP contribution in [0.1, 0.15) is 75.5 Å². The van der Waals surface area contributed by atoms with Crippen molar-refractivity contribution in [3.05, 3.63) is 65.0 Å². The van der Waals surface area contributed by atoms with Crippen LogP contribution in [0.15, 0.2) is 36.9 Å². The van der Waals surface area contributed by atoms with E-state index in [-0.39, 0.29) is 0 Å². The van der Waals surface area contributed by atoms with Gasteiger partial charge in [-0.1, -0.05) is 84.4 Å². The molecule has 0 fully saturated rings. The zero-order valence-electron chi connectivity index (χ0n) is 16.9. The van der Waals surface area contributed by atoms with Gasteiger partial charge in [-0.2, -0.15) is 0 Å². The molecule has 0 amide bonds. The summed E-state index contributed by atoms with van der Waals surface area (Å²) in [6.07, 6.45) is 5.66. The monoisotopic (exact) mass is 327 g/mol. The average molecular weight is 328 g/mol. The highest BCUT2D eigenvalue weighted by Gasteiger charge is 2.07. The molecule has 0 spiro atoms. The van der Waals surface area contributed by atoms with Crippen LogP contribution >= 0.6 is 0 Å². The smallest absolute Gasteiger partial charge is 0.0475 e. The Bertz CT molecular complexity index is 588. The Morgan fingerprint density at radius 2 is 1.54 bits per heavy atom. The molecular formula is C23H37N. The average Bonchev–Trinajstić information content (AvgIpc) is 2.91. The van der Waals surface area contributed by atoms with E-state index in [1.165, 1.54) is 40.9 Å². The lowest BCUT2D eigenvalue weighted by Crippen LogP contribution is -2.04. The van der Waals surface area contributed by atoms with Crippen LogP contribution in [0.3, 0.4) is 0 Å². The molecule has 0 radical (unpaired) electrons. The molecule has 2 rings (SSSR count). The fraction of sp³-hybridized carbons (Fsp3) is 0.478. The van der Waals surface area contributed by atoms with E-state index in [1.807, 2.05) is 19.9 Å². The van der Waals surface area contributed by atoms with Crippen LogP contribution in [0.2, 0.25) is 0 Å². The lowest BCUT2D eigenvalue weighted by Gasteiger charge is -2.10. The summed E-state index contributed by atoms with van der Waals surface area (Å²) < 4.78 is 2.35. The van der Waals surface area contributed by atoms with Crippen molar-refractivity contribution in [2.75, 3.05) is 0 Å². The number of nitrogens with zero attached hydrogens (tertiary/aromatic N) is 1. The van der Waals surface area contributed by atoms with Gasteiger partial charge in [-0.05, 0) is 43.0 Å². The maximum Gasteiger partial charge on any atom is 0.0475 e. The number of aryl methyl sites for hydroxylation is 2. The van der Waals surface area contributed by atoms with Crippen LogP contribution in [0, 0.1) is 13.8 Å². The van der Waals surface area contributed by atoms with E-state index >= 15 is 0 Å². The van der Waals surface area contributed by atoms with Gasteiger partial charge in [-0.25, -0.2) is 0 Å². The second-order valence-electron chi connectivity index (χ2n) is 5.79. The standard InChI is InChI=1S/C17H21N.C4H10.C2H6/c1-5-15-8-7-9-16(11-15)12-18-13(3)10-17(6-2)14(18)4;1-3-4-2;1-2/h6-11H,2,5,12H2,1,3-4H3;3-4H2,1-2H3;1-2H3. The minimum absolute atomic E-state index is 0.944. The number of hydrogen-bond acceptors (Lipinski definition) is 0. The fourth-order valence-electron chi connectivity index (χ4n) is 2.41. The summed E-state index contributed by atoms with van der Waals surface area (Å²) in [4.78, 5) is 0. The summed E-state index contributed by atoms with van der Waals surface area (Å²) in [6, 6.07) is 11.0. The highest BCUT2D eigenvalue weighted by atomic mass is 15.0. The largest absolute Gasteiger partial charge is 0.344 e. The molecule has 0 saturated carbocycles. The molecule has 0 aliphatic rings. The molecule has 134 valence electrons. The zero-order chi connectivity index (χ0) is 18.5. The lowest BCUT2D eigenvalue weighted by molar-refractivity contribution is 0.748. The van der Waals surface area contributed by atoms with E-state index in [2.05, 4.69) is 76.1 Å². The van der Waals surface area contributed by atoms with Crippen LogP contribution in [-0.2, 0) is 13.0 Å². The van der Waals surface area contributed by atoms with Crippen molar-refractivity contribution in [1.29, 1.82) is 0 Å². The summed E-state index contributed by atoms with van der Waals surface area (Å²) in [5.74, 6) is 0. The molecule has 0 bridgehead atoms. The second-order valence-corrected chi connectivity index (χ2v) is 5.79. The van der Waals surface area contributed by atoms with Gasteiger partial charge in [0.05, 0.1) is 0 Å². The third kappa shape index (κ3) is 6.78. The van der Waals surface area contributed by atoms with Crippen molar-refractivity contribution in [2.24, 2.45) is 0 Å². The molecule has 0 atom stereocenters. The Balaban J connectivity index is 0.000000773. The Hall–Kier alpha value is -1.76. The first-order valence-electron chi connectivity index (χ1n) is 9.44. The number of unbranched alkanes of at least 4 members (excludes halogenated alkanes) is 1. The minimum atomic E-state index is 0.944. The third-order valence-electron chi connectivity index (χ3n) is 4.07. The molecule has 0 unspecified atom stereocenters. The number of hydrogen-bond donors (Lipinski definition) is 0. The molecule has 2 aromatic rings.